The van der Waals surface area contributed by atoms with Crippen LogP contribution in [0.5, 0.6) is 11.5 Å². The van der Waals surface area contributed by atoms with E-state index in [4.69, 9.17) is 9.47 Å². The fraction of sp³-hybridized carbons (Fsp3) is 0.588. The molecule has 1 atom stereocenters. The lowest BCUT2D eigenvalue weighted by Crippen LogP contribution is -2.42. The molecule has 1 amide bonds. The summed E-state index contributed by atoms with van der Waals surface area (Å²) in [5, 5.41) is 10.2. The number of hydrogen-bond acceptors (Lipinski definition) is 4. The number of amides is 1. The summed E-state index contributed by atoms with van der Waals surface area (Å²) in [6, 6.07) is 5.32. The molecule has 0 bridgehead atoms. The highest BCUT2D eigenvalue weighted by molar-refractivity contribution is 5.68. The molecule has 1 aliphatic heterocycles. The van der Waals surface area contributed by atoms with Crippen molar-refractivity contribution in [2.75, 3.05) is 20.2 Å². The van der Waals surface area contributed by atoms with Crippen LogP contribution in [-0.4, -0.2) is 41.9 Å². The van der Waals surface area contributed by atoms with Crippen molar-refractivity contribution in [1.82, 2.24) is 4.90 Å². The maximum atomic E-state index is 12.2. The highest BCUT2D eigenvalue weighted by atomic mass is 16.6. The number of carbonyl (C=O) groups is 1. The first-order chi connectivity index (χ1) is 10.3. The molecule has 0 spiro atoms. The Morgan fingerprint density at radius 3 is 2.68 bits per heavy atom. The van der Waals surface area contributed by atoms with Crippen molar-refractivity contribution in [2.45, 2.75) is 45.1 Å². The number of phenols is 1. The number of aromatic hydroxyl groups is 1. The molecule has 0 saturated carbocycles. The lowest BCUT2D eigenvalue weighted by Gasteiger charge is -2.34. The zero-order chi connectivity index (χ0) is 16.3. The number of ether oxygens (including phenoxy) is 2. The zero-order valence-electron chi connectivity index (χ0n) is 13.8. The van der Waals surface area contributed by atoms with Gasteiger partial charge in [0.15, 0.2) is 0 Å². The van der Waals surface area contributed by atoms with E-state index in [2.05, 4.69) is 0 Å². The normalized spacial score (nSPS) is 18.9. The first-order valence-electron chi connectivity index (χ1n) is 7.65. The first-order valence-corrected chi connectivity index (χ1v) is 7.65. The predicted molar refractivity (Wildman–Crippen MR) is 84.4 cm³/mol. The average Bonchev–Trinajstić information content (AvgIpc) is 2.45. The average molecular weight is 307 g/mol. The minimum Gasteiger partial charge on any atom is -0.508 e. The summed E-state index contributed by atoms with van der Waals surface area (Å²) in [4.78, 5) is 13.9. The van der Waals surface area contributed by atoms with Gasteiger partial charge < -0.3 is 19.5 Å². The van der Waals surface area contributed by atoms with E-state index in [1.807, 2.05) is 32.9 Å². The summed E-state index contributed by atoms with van der Waals surface area (Å²) in [5.41, 5.74) is 0.362. The third-order valence-electron chi connectivity index (χ3n) is 3.75. The smallest absolute Gasteiger partial charge is 0.410 e. The molecule has 5 heteroatoms. The van der Waals surface area contributed by atoms with Crippen LogP contribution in [0, 0.1) is 0 Å². The van der Waals surface area contributed by atoms with Crippen molar-refractivity contribution >= 4 is 6.09 Å². The summed E-state index contributed by atoms with van der Waals surface area (Å²) < 4.78 is 10.5. The first kappa shape index (κ1) is 16.5. The maximum absolute atomic E-state index is 12.2. The van der Waals surface area contributed by atoms with E-state index >= 15 is 0 Å². The molecular weight excluding hydrogens is 282 g/mol. The fourth-order valence-corrected chi connectivity index (χ4v) is 2.72. The molecule has 1 aliphatic rings. The number of piperidine rings is 1. The van der Waals surface area contributed by atoms with Crippen LogP contribution in [0.3, 0.4) is 0 Å². The lowest BCUT2D eigenvalue weighted by atomic mass is 9.90. The second-order valence-corrected chi connectivity index (χ2v) is 6.69. The highest BCUT2D eigenvalue weighted by Crippen LogP contribution is 2.35. The van der Waals surface area contributed by atoms with Gasteiger partial charge in [0.05, 0.1) is 7.11 Å². The third kappa shape index (κ3) is 4.06. The molecule has 5 nitrogen and oxygen atoms in total. The van der Waals surface area contributed by atoms with Crippen molar-refractivity contribution in [3.8, 4) is 11.5 Å². The van der Waals surface area contributed by atoms with E-state index in [9.17, 15) is 9.90 Å². The van der Waals surface area contributed by atoms with Crippen molar-refractivity contribution < 1.29 is 19.4 Å². The van der Waals surface area contributed by atoms with Crippen LogP contribution in [0.1, 0.15) is 45.1 Å². The van der Waals surface area contributed by atoms with Crippen LogP contribution in [0.4, 0.5) is 4.79 Å². The minimum absolute atomic E-state index is 0.118. The van der Waals surface area contributed by atoms with E-state index in [0.717, 1.165) is 18.4 Å². The molecule has 2 rings (SSSR count). The molecule has 0 aliphatic carbocycles. The molecule has 1 N–H and O–H groups in total. The monoisotopic (exact) mass is 307 g/mol. The lowest BCUT2D eigenvalue weighted by molar-refractivity contribution is 0.0197. The molecule has 1 saturated heterocycles. The Hall–Kier alpha value is -1.91. The number of likely N-dealkylation sites (tertiary alicyclic amines) is 1. The van der Waals surface area contributed by atoms with Gasteiger partial charge in [0.1, 0.15) is 17.1 Å². The molecule has 0 radical (unpaired) electrons. The van der Waals surface area contributed by atoms with Gasteiger partial charge in [-0.2, -0.15) is 0 Å². The Morgan fingerprint density at radius 2 is 2.09 bits per heavy atom. The van der Waals surface area contributed by atoms with Gasteiger partial charge in [-0.05, 0) is 45.2 Å². The number of benzene rings is 1. The van der Waals surface area contributed by atoms with Crippen LogP contribution in [-0.2, 0) is 4.74 Å². The number of phenolic OH excluding ortho intramolecular Hbond substituents is 1. The van der Waals surface area contributed by atoms with Gasteiger partial charge in [0.25, 0.3) is 0 Å². The summed E-state index contributed by atoms with van der Waals surface area (Å²) >= 11 is 0. The van der Waals surface area contributed by atoms with Crippen LogP contribution in [0.25, 0.3) is 0 Å². The number of methoxy groups -OCH3 is 1. The predicted octanol–water partition coefficient (Wildman–Crippen LogP) is 3.52. The molecule has 1 heterocycles. The van der Waals surface area contributed by atoms with Crippen molar-refractivity contribution in [1.29, 1.82) is 0 Å². The summed E-state index contributed by atoms with van der Waals surface area (Å²) in [5.74, 6) is 0.962. The number of rotatable bonds is 2. The number of carbonyl (C=O) groups excluding carboxylic acids is 1. The van der Waals surface area contributed by atoms with Gasteiger partial charge in [-0.3, -0.25) is 0 Å². The van der Waals surface area contributed by atoms with E-state index in [1.54, 1.807) is 18.1 Å². The van der Waals surface area contributed by atoms with Crippen molar-refractivity contribution in [2.24, 2.45) is 0 Å². The summed E-state index contributed by atoms with van der Waals surface area (Å²) in [6.07, 6.45) is 1.55. The van der Waals surface area contributed by atoms with Gasteiger partial charge >= 0.3 is 6.09 Å². The number of hydrogen-bond donors (Lipinski definition) is 1. The quantitative estimate of drug-likeness (QED) is 0.908. The maximum Gasteiger partial charge on any atom is 0.410 e. The Kier molecular flexibility index (Phi) is 4.84. The topological polar surface area (TPSA) is 59.0 Å². The largest absolute Gasteiger partial charge is 0.508 e. The van der Waals surface area contributed by atoms with Gasteiger partial charge in [-0.1, -0.05) is 6.07 Å². The molecule has 122 valence electrons. The SMILES string of the molecule is COc1ccc(C2CCCN(C(=O)OC(C)(C)C)C2)c(O)c1. The molecule has 1 aromatic carbocycles. The summed E-state index contributed by atoms with van der Waals surface area (Å²) in [6.45, 7) is 6.85. The number of nitrogens with zero attached hydrogens (tertiary/aromatic N) is 1. The molecule has 22 heavy (non-hydrogen) atoms. The molecule has 1 unspecified atom stereocenters. The summed E-state index contributed by atoms with van der Waals surface area (Å²) in [7, 11) is 1.57. The van der Waals surface area contributed by atoms with Crippen LogP contribution in [0.15, 0.2) is 18.2 Å². The molecular formula is C17H25NO4. The Morgan fingerprint density at radius 1 is 1.36 bits per heavy atom. The van der Waals surface area contributed by atoms with E-state index in [1.165, 1.54) is 0 Å². The van der Waals surface area contributed by atoms with E-state index in [-0.39, 0.29) is 17.8 Å². The zero-order valence-corrected chi connectivity index (χ0v) is 13.8. The minimum atomic E-state index is -0.494. The van der Waals surface area contributed by atoms with Gasteiger partial charge in [0, 0.05) is 25.1 Å². The molecule has 0 aromatic heterocycles. The van der Waals surface area contributed by atoms with Gasteiger partial charge in [-0.15, -0.1) is 0 Å². The highest BCUT2D eigenvalue weighted by Gasteiger charge is 2.29. The Balaban J connectivity index is 2.09. The molecule has 1 aromatic rings. The second-order valence-electron chi connectivity index (χ2n) is 6.69. The van der Waals surface area contributed by atoms with Gasteiger partial charge in [-0.25, -0.2) is 4.79 Å². The van der Waals surface area contributed by atoms with Crippen LogP contribution < -0.4 is 4.74 Å². The van der Waals surface area contributed by atoms with Crippen molar-refractivity contribution in [3.63, 3.8) is 0 Å². The Bertz CT molecular complexity index is 536. The third-order valence-corrected chi connectivity index (χ3v) is 3.75. The van der Waals surface area contributed by atoms with Crippen LogP contribution in [0.2, 0.25) is 0 Å². The standard InChI is InChI=1S/C17H25NO4/c1-17(2,3)22-16(20)18-9-5-6-12(11-18)14-8-7-13(21-4)10-15(14)19/h7-8,10,12,19H,5-6,9,11H2,1-4H3. The van der Waals surface area contributed by atoms with E-state index < -0.39 is 5.60 Å². The Labute approximate surface area is 131 Å². The van der Waals surface area contributed by atoms with E-state index in [0.29, 0.717) is 18.8 Å². The van der Waals surface area contributed by atoms with Gasteiger partial charge in [0.2, 0.25) is 0 Å². The fourth-order valence-electron chi connectivity index (χ4n) is 2.72. The second kappa shape index (κ2) is 6.46. The van der Waals surface area contributed by atoms with Crippen LogP contribution >= 0.6 is 0 Å². The molecule has 1 fully saturated rings. The van der Waals surface area contributed by atoms with Crippen molar-refractivity contribution in [3.05, 3.63) is 23.8 Å².